The summed E-state index contributed by atoms with van der Waals surface area (Å²) in [5.74, 6) is 0. The normalized spacial score (nSPS) is 10.6. The van der Waals surface area contributed by atoms with Gasteiger partial charge in [-0.15, -0.1) is 0 Å². The molecule has 1 aromatic heterocycles. The van der Waals surface area contributed by atoms with Crippen molar-refractivity contribution in [3.05, 3.63) is 59.9 Å². The Morgan fingerprint density at radius 2 is 1.81 bits per heavy atom. The third kappa shape index (κ3) is 2.74. The maximum absolute atomic E-state index is 5.66. The first-order valence-corrected chi connectivity index (χ1v) is 5.78. The molecule has 0 atom stereocenters. The monoisotopic (exact) mass is 214 g/mol. The highest BCUT2D eigenvalue weighted by Gasteiger charge is 1.98. The number of nitrogens with zero attached hydrogens (tertiary/aromatic N) is 1. The molecule has 1 heterocycles. The number of hydrogen-bond acceptors (Lipinski definition) is 1. The van der Waals surface area contributed by atoms with Crippen LogP contribution in [0.15, 0.2) is 48.7 Å². The average Bonchev–Trinajstić information content (AvgIpc) is 2.78. The lowest BCUT2D eigenvalue weighted by molar-refractivity contribution is 0.620. The summed E-state index contributed by atoms with van der Waals surface area (Å²) in [6.45, 7) is 1.67. The molecule has 0 saturated carbocycles. The predicted octanol–water partition coefficient (Wildman–Crippen LogP) is 2.58. The van der Waals surface area contributed by atoms with Gasteiger partial charge in [0, 0.05) is 25.0 Å². The zero-order chi connectivity index (χ0) is 11.2. The first kappa shape index (κ1) is 11.0. The standard InChI is InChI=1S/C14H18N2/c15-12-14-9-5-11-16(14)10-4-8-13-6-2-1-3-7-13/h1-3,5-7,9,11H,4,8,10,12,15H2. The quantitative estimate of drug-likeness (QED) is 0.814. The van der Waals surface area contributed by atoms with Crippen LogP contribution in [0, 0.1) is 0 Å². The molecule has 2 rings (SSSR count). The molecule has 0 saturated heterocycles. The number of rotatable bonds is 5. The van der Waals surface area contributed by atoms with Crippen molar-refractivity contribution in [1.29, 1.82) is 0 Å². The second-order valence-electron chi connectivity index (χ2n) is 3.99. The van der Waals surface area contributed by atoms with E-state index in [9.17, 15) is 0 Å². The van der Waals surface area contributed by atoms with E-state index in [0.29, 0.717) is 6.54 Å². The molecular weight excluding hydrogens is 196 g/mol. The maximum atomic E-state index is 5.66. The van der Waals surface area contributed by atoms with E-state index in [1.54, 1.807) is 0 Å². The summed E-state index contributed by atoms with van der Waals surface area (Å²) in [7, 11) is 0. The van der Waals surface area contributed by atoms with Gasteiger partial charge in [0.15, 0.2) is 0 Å². The highest BCUT2D eigenvalue weighted by atomic mass is 15.0. The molecule has 2 N–H and O–H groups in total. The number of hydrogen-bond donors (Lipinski definition) is 1. The van der Waals surface area contributed by atoms with E-state index < -0.39 is 0 Å². The average molecular weight is 214 g/mol. The minimum Gasteiger partial charge on any atom is -0.350 e. The van der Waals surface area contributed by atoms with Crippen LogP contribution in [0.4, 0.5) is 0 Å². The van der Waals surface area contributed by atoms with Crippen molar-refractivity contribution >= 4 is 0 Å². The van der Waals surface area contributed by atoms with E-state index in [0.717, 1.165) is 19.4 Å². The zero-order valence-electron chi connectivity index (χ0n) is 9.47. The van der Waals surface area contributed by atoms with Gasteiger partial charge in [-0.1, -0.05) is 30.3 Å². The van der Waals surface area contributed by atoms with Gasteiger partial charge >= 0.3 is 0 Å². The van der Waals surface area contributed by atoms with E-state index in [-0.39, 0.29) is 0 Å². The number of aromatic nitrogens is 1. The molecule has 2 nitrogen and oxygen atoms in total. The Bertz CT molecular complexity index is 417. The molecular formula is C14H18N2. The van der Waals surface area contributed by atoms with Crippen LogP contribution in [0.3, 0.4) is 0 Å². The van der Waals surface area contributed by atoms with Crippen molar-refractivity contribution in [3.8, 4) is 0 Å². The van der Waals surface area contributed by atoms with Crippen molar-refractivity contribution in [3.63, 3.8) is 0 Å². The Morgan fingerprint density at radius 3 is 2.56 bits per heavy atom. The van der Waals surface area contributed by atoms with Gasteiger partial charge in [-0.05, 0) is 30.5 Å². The largest absolute Gasteiger partial charge is 0.350 e. The highest BCUT2D eigenvalue weighted by Crippen LogP contribution is 2.06. The summed E-state index contributed by atoms with van der Waals surface area (Å²) in [4.78, 5) is 0. The maximum Gasteiger partial charge on any atom is 0.0334 e. The summed E-state index contributed by atoms with van der Waals surface area (Å²) >= 11 is 0. The number of nitrogens with two attached hydrogens (primary N) is 1. The van der Waals surface area contributed by atoms with Crippen molar-refractivity contribution in [1.82, 2.24) is 4.57 Å². The smallest absolute Gasteiger partial charge is 0.0334 e. The fraction of sp³-hybridized carbons (Fsp3) is 0.286. The zero-order valence-corrected chi connectivity index (χ0v) is 9.47. The van der Waals surface area contributed by atoms with Gasteiger partial charge in [-0.2, -0.15) is 0 Å². The van der Waals surface area contributed by atoms with Crippen molar-refractivity contribution in [2.24, 2.45) is 5.73 Å². The van der Waals surface area contributed by atoms with Gasteiger partial charge < -0.3 is 10.3 Å². The van der Waals surface area contributed by atoms with Crippen LogP contribution in [0.2, 0.25) is 0 Å². The lowest BCUT2D eigenvalue weighted by Gasteiger charge is -2.07. The van der Waals surface area contributed by atoms with Gasteiger partial charge in [0.25, 0.3) is 0 Å². The van der Waals surface area contributed by atoms with Crippen LogP contribution in [0.25, 0.3) is 0 Å². The molecule has 0 bridgehead atoms. The lowest BCUT2D eigenvalue weighted by Crippen LogP contribution is -2.07. The molecule has 2 aromatic rings. The minimum atomic E-state index is 0.623. The van der Waals surface area contributed by atoms with Crippen LogP contribution in [-0.4, -0.2) is 4.57 Å². The molecule has 0 aliphatic rings. The first-order chi connectivity index (χ1) is 7.90. The van der Waals surface area contributed by atoms with E-state index in [4.69, 9.17) is 5.73 Å². The van der Waals surface area contributed by atoms with E-state index in [1.807, 2.05) is 0 Å². The lowest BCUT2D eigenvalue weighted by atomic mass is 10.1. The highest BCUT2D eigenvalue weighted by molar-refractivity contribution is 5.14. The fourth-order valence-corrected chi connectivity index (χ4v) is 1.95. The molecule has 84 valence electrons. The van der Waals surface area contributed by atoms with Crippen LogP contribution < -0.4 is 5.73 Å². The van der Waals surface area contributed by atoms with Crippen molar-refractivity contribution in [2.45, 2.75) is 25.9 Å². The van der Waals surface area contributed by atoms with Crippen LogP contribution in [-0.2, 0) is 19.5 Å². The van der Waals surface area contributed by atoms with E-state index in [2.05, 4.69) is 53.2 Å². The van der Waals surface area contributed by atoms with Gasteiger partial charge in [0.2, 0.25) is 0 Å². The summed E-state index contributed by atoms with van der Waals surface area (Å²) in [6, 6.07) is 14.8. The Labute approximate surface area is 96.7 Å². The van der Waals surface area contributed by atoms with Crippen LogP contribution in [0.1, 0.15) is 17.7 Å². The molecule has 16 heavy (non-hydrogen) atoms. The Hall–Kier alpha value is -1.54. The fourth-order valence-electron chi connectivity index (χ4n) is 1.95. The Morgan fingerprint density at radius 1 is 1.00 bits per heavy atom. The van der Waals surface area contributed by atoms with E-state index >= 15 is 0 Å². The molecule has 2 heteroatoms. The SMILES string of the molecule is NCc1cccn1CCCc1ccccc1. The molecule has 0 radical (unpaired) electrons. The second-order valence-corrected chi connectivity index (χ2v) is 3.99. The third-order valence-electron chi connectivity index (χ3n) is 2.84. The molecule has 0 spiro atoms. The number of aryl methyl sites for hydroxylation is 2. The van der Waals surface area contributed by atoms with Gasteiger partial charge in [0.05, 0.1) is 0 Å². The van der Waals surface area contributed by atoms with Crippen LogP contribution in [0.5, 0.6) is 0 Å². The Kier molecular flexibility index (Phi) is 3.78. The molecule has 0 unspecified atom stereocenters. The summed E-state index contributed by atoms with van der Waals surface area (Å²) in [5, 5.41) is 0. The van der Waals surface area contributed by atoms with Crippen molar-refractivity contribution < 1.29 is 0 Å². The summed E-state index contributed by atoms with van der Waals surface area (Å²) in [5.41, 5.74) is 8.28. The Balaban J connectivity index is 1.85. The minimum absolute atomic E-state index is 0.623. The number of benzene rings is 1. The van der Waals surface area contributed by atoms with E-state index in [1.165, 1.54) is 11.3 Å². The molecule has 0 aliphatic heterocycles. The molecule has 0 fully saturated rings. The molecule has 0 aliphatic carbocycles. The van der Waals surface area contributed by atoms with Gasteiger partial charge in [0.1, 0.15) is 0 Å². The van der Waals surface area contributed by atoms with Crippen molar-refractivity contribution in [2.75, 3.05) is 0 Å². The molecule has 0 amide bonds. The summed E-state index contributed by atoms with van der Waals surface area (Å²) < 4.78 is 2.24. The third-order valence-corrected chi connectivity index (χ3v) is 2.84. The van der Waals surface area contributed by atoms with Crippen LogP contribution >= 0.6 is 0 Å². The van der Waals surface area contributed by atoms with Gasteiger partial charge in [-0.25, -0.2) is 0 Å². The second kappa shape index (κ2) is 5.52. The van der Waals surface area contributed by atoms with Gasteiger partial charge in [-0.3, -0.25) is 0 Å². The topological polar surface area (TPSA) is 30.9 Å². The first-order valence-electron chi connectivity index (χ1n) is 5.78. The predicted molar refractivity (Wildman–Crippen MR) is 67.1 cm³/mol. The molecule has 1 aromatic carbocycles. The summed E-state index contributed by atoms with van der Waals surface area (Å²) in [6.07, 6.45) is 4.39.